The van der Waals surface area contributed by atoms with Gasteiger partial charge >= 0.3 is 0 Å². The molecule has 0 unspecified atom stereocenters. The lowest BCUT2D eigenvalue weighted by molar-refractivity contribution is 0.311. The molecule has 3 nitrogen and oxygen atoms in total. The van der Waals surface area contributed by atoms with Crippen LogP contribution in [0.4, 0.5) is 0 Å². The molecule has 0 saturated carbocycles. The molecule has 1 aromatic rings. The van der Waals surface area contributed by atoms with Crippen LogP contribution in [0.3, 0.4) is 0 Å². The quantitative estimate of drug-likeness (QED) is 0.749. The van der Waals surface area contributed by atoms with Gasteiger partial charge in [0.15, 0.2) is 0 Å². The molecule has 1 rings (SSSR count). The van der Waals surface area contributed by atoms with Crippen LogP contribution in [-0.4, -0.2) is 26.3 Å². The van der Waals surface area contributed by atoms with Gasteiger partial charge in [-0.1, -0.05) is 20.8 Å². The van der Waals surface area contributed by atoms with Crippen LogP contribution in [0.5, 0.6) is 0 Å². The Balaban J connectivity index is 3.09. The van der Waals surface area contributed by atoms with E-state index in [1.54, 1.807) is 13.1 Å². The van der Waals surface area contributed by atoms with Crippen molar-refractivity contribution in [1.82, 2.24) is 4.31 Å². The first kappa shape index (κ1) is 16.4. The molecule has 0 fully saturated rings. The van der Waals surface area contributed by atoms with Crippen LogP contribution in [0.1, 0.15) is 25.6 Å². The predicted octanol–water partition coefficient (Wildman–Crippen LogP) is 3.92. The van der Waals surface area contributed by atoms with Gasteiger partial charge in [-0.25, -0.2) is 12.7 Å². The van der Waals surface area contributed by atoms with Crippen molar-refractivity contribution in [3.8, 4) is 0 Å². The molecular formula is C11H17BrClNO2S2. The van der Waals surface area contributed by atoms with Crippen molar-refractivity contribution >= 4 is 48.9 Å². The fraction of sp³-hybridized carbons (Fsp3) is 0.636. The molecule has 1 heterocycles. The zero-order chi connectivity index (χ0) is 14.1. The zero-order valence-corrected chi connectivity index (χ0v) is 14.8. The molecule has 0 amide bonds. The molecule has 0 atom stereocenters. The lowest BCUT2D eigenvalue weighted by Gasteiger charge is -2.25. The number of hydrogen-bond donors (Lipinski definition) is 0. The topological polar surface area (TPSA) is 37.4 Å². The van der Waals surface area contributed by atoms with E-state index < -0.39 is 10.0 Å². The molecule has 0 saturated heterocycles. The summed E-state index contributed by atoms with van der Waals surface area (Å²) in [6.45, 7) is 6.48. The summed E-state index contributed by atoms with van der Waals surface area (Å²) >= 11 is 10.4. The molecule has 0 bridgehead atoms. The van der Waals surface area contributed by atoms with Crippen molar-refractivity contribution in [3.63, 3.8) is 0 Å². The van der Waals surface area contributed by atoms with Gasteiger partial charge in [0.1, 0.15) is 4.90 Å². The molecular weight excluding hydrogens is 358 g/mol. The predicted molar refractivity (Wildman–Crippen MR) is 80.8 cm³/mol. The minimum absolute atomic E-state index is 0.0837. The smallest absolute Gasteiger partial charge is 0.207 e. The first-order chi connectivity index (χ1) is 8.08. The van der Waals surface area contributed by atoms with Crippen LogP contribution in [-0.2, 0) is 15.9 Å². The normalized spacial score (nSPS) is 13.3. The summed E-state index contributed by atoms with van der Waals surface area (Å²) in [5.41, 5.74) is -0.0837. The van der Waals surface area contributed by atoms with Crippen molar-refractivity contribution in [3.05, 3.63) is 14.7 Å². The first-order valence-corrected chi connectivity index (χ1v) is 8.97. The minimum Gasteiger partial charge on any atom is -0.207 e. The highest BCUT2D eigenvalue weighted by atomic mass is 79.9. The van der Waals surface area contributed by atoms with Crippen molar-refractivity contribution in [2.75, 3.05) is 13.6 Å². The number of thiophene rings is 1. The third-order valence-corrected chi connectivity index (χ3v) is 6.73. The van der Waals surface area contributed by atoms with Crippen LogP contribution >= 0.6 is 38.9 Å². The lowest BCUT2D eigenvalue weighted by atomic mass is 9.97. The summed E-state index contributed by atoms with van der Waals surface area (Å²) in [4.78, 5) is 1.14. The summed E-state index contributed by atoms with van der Waals surface area (Å²) < 4.78 is 26.8. The molecule has 1 aromatic heterocycles. The Kier molecular flexibility index (Phi) is 5.29. The van der Waals surface area contributed by atoms with Gasteiger partial charge in [0.05, 0.1) is 9.67 Å². The number of hydrogen-bond acceptors (Lipinski definition) is 3. The van der Waals surface area contributed by atoms with Gasteiger partial charge in [-0.05, 0) is 27.4 Å². The Morgan fingerprint density at radius 2 is 2.00 bits per heavy atom. The Hall–Kier alpha value is 0.380. The molecule has 18 heavy (non-hydrogen) atoms. The second kappa shape index (κ2) is 5.79. The Bertz CT molecular complexity index is 520. The van der Waals surface area contributed by atoms with Gasteiger partial charge in [-0.15, -0.1) is 22.9 Å². The summed E-state index contributed by atoms with van der Waals surface area (Å²) in [7, 11) is -1.85. The average molecular weight is 375 g/mol. The van der Waals surface area contributed by atoms with E-state index in [0.29, 0.717) is 21.1 Å². The summed E-state index contributed by atoms with van der Waals surface area (Å²) in [5.74, 6) is 0.321. The SMILES string of the molecule is CN(CC(C)(C)C)S(=O)(=O)c1cc(CCl)sc1Br. The van der Waals surface area contributed by atoms with E-state index in [0.717, 1.165) is 4.88 Å². The molecule has 0 radical (unpaired) electrons. The largest absolute Gasteiger partial charge is 0.244 e. The van der Waals surface area contributed by atoms with Crippen molar-refractivity contribution < 1.29 is 8.42 Å². The van der Waals surface area contributed by atoms with Crippen LogP contribution in [0, 0.1) is 5.41 Å². The van der Waals surface area contributed by atoms with Crippen LogP contribution < -0.4 is 0 Å². The first-order valence-electron chi connectivity index (χ1n) is 5.38. The third-order valence-electron chi connectivity index (χ3n) is 2.22. The number of nitrogens with zero attached hydrogens (tertiary/aromatic N) is 1. The van der Waals surface area contributed by atoms with Gasteiger partial charge in [0, 0.05) is 18.5 Å². The maximum Gasteiger partial charge on any atom is 0.244 e. The van der Waals surface area contributed by atoms with E-state index in [1.165, 1.54) is 15.6 Å². The third kappa shape index (κ3) is 3.93. The van der Waals surface area contributed by atoms with E-state index in [2.05, 4.69) is 15.9 Å². The van der Waals surface area contributed by atoms with Gasteiger partial charge < -0.3 is 0 Å². The van der Waals surface area contributed by atoms with Gasteiger partial charge in [-0.3, -0.25) is 0 Å². The fourth-order valence-corrected chi connectivity index (χ4v) is 5.68. The number of sulfonamides is 1. The minimum atomic E-state index is -3.45. The maximum absolute atomic E-state index is 12.4. The summed E-state index contributed by atoms with van der Waals surface area (Å²) in [5, 5.41) is 0. The molecule has 7 heteroatoms. The van der Waals surface area contributed by atoms with Crippen molar-refractivity contribution in [2.45, 2.75) is 31.5 Å². The van der Waals surface area contributed by atoms with Gasteiger partial charge in [0.2, 0.25) is 10.0 Å². The highest BCUT2D eigenvalue weighted by molar-refractivity contribution is 9.11. The molecule has 0 aromatic carbocycles. The molecule has 0 spiro atoms. The average Bonchev–Trinajstić information content (AvgIpc) is 2.57. The van der Waals surface area contributed by atoms with Crippen LogP contribution in [0.25, 0.3) is 0 Å². The zero-order valence-electron chi connectivity index (χ0n) is 10.8. The number of halogens is 2. The number of rotatable bonds is 4. The van der Waals surface area contributed by atoms with E-state index >= 15 is 0 Å². The molecule has 104 valence electrons. The van der Waals surface area contributed by atoms with Crippen molar-refractivity contribution in [1.29, 1.82) is 0 Å². The summed E-state index contributed by atoms with van der Waals surface area (Å²) in [6, 6.07) is 1.64. The molecule has 0 aliphatic heterocycles. The van der Waals surface area contributed by atoms with Gasteiger partial charge in [0.25, 0.3) is 0 Å². The standard InChI is InChI=1S/C11H17BrClNO2S2/c1-11(2,3)7-14(4)18(15,16)9-5-8(6-13)17-10(9)12/h5H,6-7H2,1-4H3. The van der Waals surface area contributed by atoms with Crippen LogP contribution in [0.2, 0.25) is 0 Å². The van der Waals surface area contributed by atoms with Crippen molar-refractivity contribution in [2.24, 2.45) is 5.41 Å². The van der Waals surface area contributed by atoms with Gasteiger partial charge in [-0.2, -0.15) is 0 Å². The molecule has 0 aliphatic carbocycles. The Morgan fingerprint density at radius 1 is 1.44 bits per heavy atom. The van der Waals surface area contributed by atoms with Crippen LogP contribution in [0.15, 0.2) is 14.7 Å². The van der Waals surface area contributed by atoms with E-state index in [1.807, 2.05) is 20.8 Å². The Labute approximate surface area is 126 Å². The second-order valence-corrected chi connectivity index (χ2v) is 10.0. The molecule has 0 aliphatic rings. The molecule has 0 N–H and O–H groups in total. The highest BCUT2D eigenvalue weighted by Gasteiger charge is 2.28. The van der Waals surface area contributed by atoms with E-state index in [-0.39, 0.29) is 5.41 Å². The summed E-state index contributed by atoms with van der Waals surface area (Å²) in [6.07, 6.45) is 0. The number of alkyl halides is 1. The highest BCUT2D eigenvalue weighted by Crippen LogP contribution is 2.34. The maximum atomic E-state index is 12.4. The second-order valence-electron chi connectivity index (χ2n) is 5.31. The monoisotopic (exact) mass is 373 g/mol. The fourth-order valence-electron chi connectivity index (χ4n) is 1.56. The van der Waals surface area contributed by atoms with E-state index in [9.17, 15) is 8.42 Å². The Morgan fingerprint density at radius 3 is 2.39 bits per heavy atom. The van der Waals surface area contributed by atoms with E-state index in [4.69, 9.17) is 11.6 Å². The lowest BCUT2D eigenvalue weighted by Crippen LogP contribution is -2.34.